The Morgan fingerprint density at radius 1 is 1.14 bits per heavy atom. The van der Waals surface area contributed by atoms with Crippen LogP contribution in [0.2, 0.25) is 0 Å². The van der Waals surface area contributed by atoms with Crippen LogP contribution in [0.5, 0.6) is 0 Å². The number of rotatable bonds is 9. The van der Waals surface area contributed by atoms with E-state index >= 15 is 0 Å². The van der Waals surface area contributed by atoms with Gasteiger partial charge in [-0.15, -0.1) is 16.7 Å². The van der Waals surface area contributed by atoms with Crippen molar-refractivity contribution in [2.24, 2.45) is 5.29 Å². The molecule has 0 saturated heterocycles. The topological polar surface area (TPSA) is 32.7 Å². The normalized spacial score (nSPS) is 17.9. The fraction of sp³-hybridized carbons (Fsp3) is 0.667. The van der Waals surface area contributed by atoms with E-state index in [0.29, 0.717) is 5.25 Å². The second kappa shape index (κ2) is 9.88. The average molecular weight is 321 g/mol. The molecule has 0 aromatic heterocycles. The van der Waals surface area contributed by atoms with E-state index < -0.39 is 0 Å². The fourth-order valence-electron chi connectivity index (χ4n) is 3.01. The molecule has 1 aromatic carbocycles. The number of hydrogen-bond donors (Lipinski definition) is 0. The van der Waals surface area contributed by atoms with Gasteiger partial charge in [-0.1, -0.05) is 64.0 Å². The van der Waals surface area contributed by atoms with Gasteiger partial charge < -0.3 is 0 Å². The number of fused-ring (bicyclic) bond motifs is 1. The van der Waals surface area contributed by atoms with E-state index in [0.717, 1.165) is 18.7 Å². The highest BCUT2D eigenvalue weighted by Gasteiger charge is 2.22. The number of unbranched alkanes of at least 4 members (excludes halogenated alkanes) is 6. The SMILES string of the molecule is CCCCCCCCCC1CCN(N=O)c2ccccc2S1. The molecule has 4 heteroatoms. The van der Waals surface area contributed by atoms with Crippen molar-refractivity contribution in [1.82, 2.24) is 0 Å². The number of para-hydroxylation sites is 1. The molecular formula is C18H28N2OS. The minimum Gasteiger partial charge on any atom is -0.228 e. The molecule has 0 amide bonds. The molecule has 0 fully saturated rings. The van der Waals surface area contributed by atoms with Gasteiger partial charge in [-0.05, 0) is 25.0 Å². The number of nitroso groups, excluding NO2 is 1. The van der Waals surface area contributed by atoms with Gasteiger partial charge in [-0.2, -0.15) is 0 Å². The third-order valence-corrected chi connectivity index (χ3v) is 5.73. The standard InChI is InChI=1S/C18H28N2OS/c1-2-3-4-5-6-7-8-11-16-14-15-20(19-21)17-12-9-10-13-18(17)22-16/h9-10,12-13,16H,2-8,11,14-15H2,1H3. The summed E-state index contributed by atoms with van der Waals surface area (Å²) in [4.78, 5) is 12.2. The zero-order valence-electron chi connectivity index (χ0n) is 13.7. The molecule has 0 saturated carbocycles. The molecule has 1 heterocycles. The Labute approximate surface area is 138 Å². The van der Waals surface area contributed by atoms with Crippen LogP contribution in [0.1, 0.15) is 64.7 Å². The summed E-state index contributed by atoms with van der Waals surface area (Å²) in [7, 11) is 0. The first kappa shape index (κ1) is 17.3. The molecular weight excluding hydrogens is 292 g/mol. The van der Waals surface area contributed by atoms with Crippen LogP contribution < -0.4 is 5.01 Å². The number of benzene rings is 1. The van der Waals surface area contributed by atoms with Gasteiger partial charge in [0, 0.05) is 16.7 Å². The molecule has 0 radical (unpaired) electrons. The maximum absolute atomic E-state index is 11.0. The summed E-state index contributed by atoms with van der Waals surface area (Å²) in [6, 6.07) is 8.14. The summed E-state index contributed by atoms with van der Waals surface area (Å²) in [6.45, 7) is 3.01. The van der Waals surface area contributed by atoms with Gasteiger partial charge in [0.05, 0.1) is 11.0 Å². The van der Waals surface area contributed by atoms with E-state index in [1.165, 1.54) is 56.3 Å². The smallest absolute Gasteiger partial charge is 0.0762 e. The van der Waals surface area contributed by atoms with Crippen molar-refractivity contribution in [3.63, 3.8) is 0 Å². The lowest BCUT2D eigenvalue weighted by molar-refractivity contribution is 0.561. The van der Waals surface area contributed by atoms with E-state index in [9.17, 15) is 4.91 Å². The maximum atomic E-state index is 11.0. The van der Waals surface area contributed by atoms with E-state index in [2.05, 4.69) is 18.3 Å². The first-order valence-electron chi connectivity index (χ1n) is 8.71. The van der Waals surface area contributed by atoms with Crippen LogP contribution in [-0.2, 0) is 0 Å². The van der Waals surface area contributed by atoms with Crippen molar-refractivity contribution in [3.05, 3.63) is 29.2 Å². The van der Waals surface area contributed by atoms with Crippen LogP contribution in [0.15, 0.2) is 34.4 Å². The number of hydrogen-bond acceptors (Lipinski definition) is 3. The monoisotopic (exact) mass is 320 g/mol. The molecule has 0 N–H and O–H groups in total. The maximum Gasteiger partial charge on any atom is 0.0762 e. The van der Waals surface area contributed by atoms with Gasteiger partial charge in [-0.25, -0.2) is 5.01 Å². The molecule has 2 rings (SSSR count). The Balaban J connectivity index is 1.76. The fourth-order valence-corrected chi connectivity index (χ4v) is 4.33. The van der Waals surface area contributed by atoms with Crippen molar-refractivity contribution in [2.75, 3.05) is 11.6 Å². The average Bonchev–Trinajstić information content (AvgIpc) is 2.73. The van der Waals surface area contributed by atoms with Gasteiger partial charge in [0.25, 0.3) is 0 Å². The van der Waals surface area contributed by atoms with Gasteiger partial charge in [-0.3, -0.25) is 0 Å². The van der Waals surface area contributed by atoms with Crippen LogP contribution in [-0.4, -0.2) is 11.8 Å². The summed E-state index contributed by atoms with van der Waals surface area (Å²) in [5, 5.41) is 5.42. The van der Waals surface area contributed by atoms with Crippen LogP contribution in [0.4, 0.5) is 5.69 Å². The van der Waals surface area contributed by atoms with Crippen LogP contribution >= 0.6 is 11.8 Å². The van der Waals surface area contributed by atoms with Gasteiger partial charge >= 0.3 is 0 Å². The summed E-state index contributed by atoms with van der Waals surface area (Å²) in [5.74, 6) is 0. The molecule has 1 aliphatic heterocycles. The number of nitrogens with zero attached hydrogens (tertiary/aromatic N) is 2. The molecule has 22 heavy (non-hydrogen) atoms. The van der Waals surface area contributed by atoms with Crippen molar-refractivity contribution >= 4 is 17.4 Å². The molecule has 0 aliphatic carbocycles. The Bertz CT molecular complexity index is 452. The summed E-state index contributed by atoms with van der Waals surface area (Å²) < 4.78 is 0. The summed E-state index contributed by atoms with van der Waals surface area (Å²) in [6.07, 6.45) is 11.8. The molecule has 0 bridgehead atoms. The van der Waals surface area contributed by atoms with E-state index in [1.54, 1.807) is 5.01 Å². The molecule has 122 valence electrons. The van der Waals surface area contributed by atoms with Crippen LogP contribution in [0, 0.1) is 4.91 Å². The van der Waals surface area contributed by atoms with Crippen LogP contribution in [0.25, 0.3) is 0 Å². The highest BCUT2D eigenvalue weighted by molar-refractivity contribution is 8.00. The number of thioether (sulfide) groups is 1. The number of anilines is 1. The third-order valence-electron chi connectivity index (χ3n) is 4.33. The predicted octanol–water partition coefficient (Wildman–Crippen LogP) is 6.18. The zero-order chi connectivity index (χ0) is 15.6. The minimum atomic E-state index is 0.614. The molecule has 0 spiro atoms. The van der Waals surface area contributed by atoms with Gasteiger partial charge in [0.15, 0.2) is 0 Å². The predicted molar refractivity (Wildman–Crippen MR) is 96.5 cm³/mol. The molecule has 3 nitrogen and oxygen atoms in total. The van der Waals surface area contributed by atoms with E-state index in [1.807, 2.05) is 30.0 Å². The van der Waals surface area contributed by atoms with Crippen molar-refractivity contribution < 1.29 is 0 Å². The van der Waals surface area contributed by atoms with Crippen molar-refractivity contribution in [1.29, 1.82) is 0 Å². The molecule has 1 aromatic rings. The Kier molecular flexibility index (Phi) is 7.78. The molecule has 1 atom stereocenters. The summed E-state index contributed by atoms with van der Waals surface area (Å²) in [5.41, 5.74) is 0.976. The Hall–Kier alpha value is -1.03. The highest BCUT2D eigenvalue weighted by Crippen LogP contribution is 2.39. The van der Waals surface area contributed by atoms with Crippen molar-refractivity contribution in [2.45, 2.75) is 74.9 Å². The lowest BCUT2D eigenvalue weighted by atomic mass is 10.1. The third kappa shape index (κ3) is 5.31. The molecule has 1 aliphatic rings. The van der Waals surface area contributed by atoms with E-state index in [-0.39, 0.29) is 0 Å². The van der Waals surface area contributed by atoms with E-state index in [4.69, 9.17) is 0 Å². The second-order valence-corrected chi connectivity index (χ2v) is 7.45. The first-order valence-corrected chi connectivity index (χ1v) is 9.59. The first-order chi connectivity index (χ1) is 10.8. The quantitative estimate of drug-likeness (QED) is 0.402. The minimum absolute atomic E-state index is 0.614. The van der Waals surface area contributed by atoms with Gasteiger partial charge in [0.1, 0.15) is 0 Å². The Morgan fingerprint density at radius 3 is 2.64 bits per heavy atom. The van der Waals surface area contributed by atoms with Crippen LogP contribution in [0.3, 0.4) is 0 Å². The lowest BCUT2D eigenvalue weighted by Gasteiger charge is -2.13. The second-order valence-electron chi connectivity index (χ2n) is 6.11. The molecule has 1 unspecified atom stereocenters. The largest absolute Gasteiger partial charge is 0.228 e. The summed E-state index contributed by atoms with van der Waals surface area (Å²) >= 11 is 1.93. The highest BCUT2D eigenvalue weighted by atomic mass is 32.2. The zero-order valence-corrected chi connectivity index (χ0v) is 14.5. The Morgan fingerprint density at radius 2 is 1.86 bits per heavy atom. The van der Waals surface area contributed by atoms with Gasteiger partial charge in [0.2, 0.25) is 0 Å². The lowest BCUT2D eigenvalue weighted by Crippen LogP contribution is -2.18. The van der Waals surface area contributed by atoms with Crippen molar-refractivity contribution in [3.8, 4) is 0 Å².